The lowest BCUT2D eigenvalue weighted by molar-refractivity contribution is -0.161. The van der Waals surface area contributed by atoms with Gasteiger partial charge in [0.2, 0.25) is 0 Å². The highest BCUT2D eigenvalue weighted by Gasteiger charge is 2.30. The molecule has 0 bridgehead atoms. The summed E-state index contributed by atoms with van der Waals surface area (Å²) in [5, 5.41) is 10.6. The number of esters is 4. The number of hydrogen-bond acceptors (Lipinski definition) is 15. The Morgan fingerprint density at radius 1 is 0.367 bits per heavy atom. The van der Waals surface area contributed by atoms with Crippen LogP contribution in [0.1, 0.15) is 331 Å². The molecule has 17 nitrogen and oxygen atoms in total. The third-order valence-electron chi connectivity index (χ3n) is 16.5. The average Bonchev–Trinajstić information content (AvgIpc) is 3.00. The van der Waals surface area contributed by atoms with E-state index in [1.54, 1.807) is 0 Å². The zero-order valence-corrected chi connectivity index (χ0v) is 59.9. The summed E-state index contributed by atoms with van der Waals surface area (Å²) in [7, 11) is -9.91. The first-order chi connectivity index (χ1) is 43.3. The molecule has 0 aromatic carbocycles. The number of aliphatic hydroxyl groups is 1. The van der Waals surface area contributed by atoms with Gasteiger partial charge in [0.15, 0.2) is 12.2 Å². The summed E-state index contributed by atoms with van der Waals surface area (Å²) in [6, 6.07) is 0. The molecule has 5 unspecified atom stereocenters. The molecule has 0 amide bonds. The average molecular weight is 1320 g/mol. The van der Waals surface area contributed by atoms with Crippen LogP contribution < -0.4 is 0 Å². The molecule has 0 aromatic heterocycles. The highest BCUT2D eigenvalue weighted by atomic mass is 31.2. The monoisotopic (exact) mass is 1320 g/mol. The first-order valence-electron chi connectivity index (χ1n) is 36.2. The fourth-order valence-electron chi connectivity index (χ4n) is 10.1. The summed E-state index contributed by atoms with van der Waals surface area (Å²) < 4.78 is 68.3. The van der Waals surface area contributed by atoms with Crippen molar-refractivity contribution < 1.29 is 80.2 Å². The maximum Gasteiger partial charge on any atom is 0.472 e. The van der Waals surface area contributed by atoms with Gasteiger partial charge in [0.05, 0.1) is 26.4 Å². The van der Waals surface area contributed by atoms with Crippen molar-refractivity contribution in [3.05, 3.63) is 24.3 Å². The summed E-state index contributed by atoms with van der Waals surface area (Å²) >= 11 is 0. The van der Waals surface area contributed by atoms with Gasteiger partial charge in [-0.25, -0.2) is 9.13 Å². The van der Waals surface area contributed by atoms with E-state index in [1.165, 1.54) is 122 Å². The Balaban J connectivity index is 5.28. The number of phosphoric acid groups is 2. The Labute approximate surface area is 548 Å². The fraction of sp³-hybridized carbons (Fsp3) is 0.887. The second-order valence-corrected chi connectivity index (χ2v) is 28.8. The van der Waals surface area contributed by atoms with Crippen molar-refractivity contribution in [3.8, 4) is 0 Å². The van der Waals surface area contributed by atoms with Crippen LogP contribution >= 0.6 is 15.6 Å². The first kappa shape index (κ1) is 87.5. The first-order valence-corrected chi connectivity index (χ1v) is 39.2. The van der Waals surface area contributed by atoms with E-state index in [4.69, 9.17) is 37.0 Å². The number of carbonyl (C=O) groups excluding carboxylic acids is 4. The molecule has 530 valence electrons. The Bertz CT molecular complexity index is 1860. The molecule has 7 atom stereocenters. The molecule has 0 fully saturated rings. The van der Waals surface area contributed by atoms with Gasteiger partial charge in [-0.05, 0) is 69.1 Å². The lowest BCUT2D eigenvalue weighted by Gasteiger charge is -2.21. The molecular formula is C71H134O17P2. The number of ether oxygens (including phenoxy) is 4. The lowest BCUT2D eigenvalue weighted by atomic mass is 9.99. The van der Waals surface area contributed by atoms with Crippen LogP contribution in [0.15, 0.2) is 24.3 Å². The van der Waals surface area contributed by atoms with E-state index >= 15 is 0 Å². The van der Waals surface area contributed by atoms with Crippen molar-refractivity contribution >= 4 is 39.5 Å². The summed E-state index contributed by atoms with van der Waals surface area (Å²) in [6.07, 6.45) is 48.0. The van der Waals surface area contributed by atoms with Crippen molar-refractivity contribution in [2.24, 2.45) is 17.8 Å². The smallest absolute Gasteiger partial charge is 0.462 e. The van der Waals surface area contributed by atoms with E-state index in [0.717, 1.165) is 121 Å². The Hall–Kier alpha value is -2.46. The van der Waals surface area contributed by atoms with Gasteiger partial charge >= 0.3 is 39.5 Å². The normalized spacial score (nSPS) is 15.0. The second kappa shape index (κ2) is 61.4. The summed E-state index contributed by atoms with van der Waals surface area (Å²) in [4.78, 5) is 72.5. The predicted octanol–water partition coefficient (Wildman–Crippen LogP) is 19.8. The molecule has 3 N–H and O–H groups in total. The third kappa shape index (κ3) is 61.7. The Morgan fingerprint density at radius 3 is 0.989 bits per heavy atom. The lowest BCUT2D eigenvalue weighted by Crippen LogP contribution is -2.30. The SMILES string of the molecule is CCCCCC/C=C\C=C/CCCCCCCC(=O)OC[C@H](COP(=O)(O)OCC(O)COP(=O)(O)OC[C@@H](COC(=O)CCCCCCCCCCC(C)C)OC(=O)CCCCCCCCCCCCC(C)CC)OC(=O)CCCCCCCCC(C)CC. The van der Waals surface area contributed by atoms with Crippen LogP contribution in [-0.4, -0.2) is 96.7 Å². The van der Waals surface area contributed by atoms with Gasteiger partial charge < -0.3 is 33.8 Å². The van der Waals surface area contributed by atoms with Crippen LogP contribution in [0.4, 0.5) is 0 Å². The largest absolute Gasteiger partial charge is 0.472 e. The minimum absolute atomic E-state index is 0.0957. The van der Waals surface area contributed by atoms with Gasteiger partial charge in [0, 0.05) is 25.7 Å². The van der Waals surface area contributed by atoms with Crippen LogP contribution in [0, 0.1) is 17.8 Å². The number of aliphatic hydroxyl groups excluding tert-OH is 1. The molecule has 0 radical (unpaired) electrons. The Morgan fingerprint density at radius 2 is 0.656 bits per heavy atom. The van der Waals surface area contributed by atoms with Crippen molar-refractivity contribution in [2.75, 3.05) is 39.6 Å². The van der Waals surface area contributed by atoms with Crippen LogP contribution in [0.5, 0.6) is 0 Å². The van der Waals surface area contributed by atoms with Crippen LogP contribution in [0.2, 0.25) is 0 Å². The molecule has 0 saturated heterocycles. The van der Waals surface area contributed by atoms with Crippen LogP contribution in [-0.2, 0) is 65.4 Å². The van der Waals surface area contributed by atoms with Crippen LogP contribution in [0.3, 0.4) is 0 Å². The quantitative estimate of drug-likeness (QED) is 0.0169. The molecule has 0 rings (SSSR count). The zero-order valence-electron chi connectivity index (χ0n) is 58.1. The standard InChI is InChI=1S/C71H134O17P2/c1-8-11-12-13-14-15-16-17-18-19-20-24-30-38-45-52-68(73)81-59-67(88-71(76)55-48-41-34-33-37-44-51-64(7)10-3)61-86-90(79,80)84-57-65(72)56-83-89(77,78)85-60-66(58-82-69(74)53-46-39-31-27-26-28-35-42-49-62(4)5)87-70(75)54-47-40-32-25-22-21-23-29-36-43-50-63(6)9-2/h15-18,62-67,72H,8-14,19-61H2,1-7H3,(H,77,78)(H,79,80)/b16-15-,18-17-/t63?,64?,65?,66-,67-/m1/s1. The Kier molecular flexibility index (Phi) is 59.7. The molecular weight excluding hydrogens is 1190 g/mol. The van der Waals surface area contributed by atoms with Gasteiger partial charge in [0.25, 0.3) is 0 Å². The molecule has 0 aliphatic heterocycles. The number of unbranched alkanes of at least 4 members (excludes halogenated alkanes) is 30. The summed E-state index contributed by atoms with van der Waals surface area (Å²) in [5.74, 6) is 0.0836. The van der Waals surface area contributed by atoms with Crippen molar-refractivity contribution in [1.82, 2.24) is 0 Å². The molecule has 0 saturated carbocycles. The van der Waals surface area contributed by atoms with Gasteiger partial charge in [-0.15, -0.1) is 0 Å². The maximum absolute atomic E-state index is 13.0. The van der Waals surface area contributed by atoms with Crippen molar-refractivity contribution in [2.45, 2.75) is 349 Å². The zero-order chi connectivity index (χ0) is 66.6. The summed E-state index contributed by atoms with van der Waals surface area (Å²) in [5.41, 5.74) is 0. The number of phosphoric ester groups is 2. The van der Waals surface area contributed by atoms with E-state index in [2.05, 4.69) is 72.8 Å². The topological polar surface area (TPSA) is 237 Å². The van der Waals surface area contributed by atoms with Crippen molar-refractivity contribution in [3.63, 3.8) is 0 Å². The highest BCUT2D eigenvalue weighted by molar-refractivity contribution is 7.47. The van der Waals surface area contributed by atoms with E-state index < -0.39 is 97.5 Å². The molecule has 0 heterocycles. The molecule has 0 aliphatic carbocycles. The highest BCUT2D eigenvalue weighted by Crippen LogP contribution is 2.45. The molecule has 90 heavy (non-hydrogen) atoms. The predicted molar refractivity (Wildman–Crippen MR) is 363 cm³/mol. The second-order valence-electron chi connectivity index (χ2n) is 25.9. The van der Waals surface area contributed by atoms with E-state index in [1.807, 2.05) is 0 Å². The molecule has 0 aromatic rings. The van der Waals surface area contributed by atoms with Gasteiger partial charge in [0.1, 0.15) is 19.3 Å². The molecule has 0 aliphatic rings. The number of carbonyl (C=O) groups is 4. The number of allylic oxidation sites excluding steroid dienone is 4. The van der Waals surface area contributed by atoms with Crippen LogP contribution in [0.25, 0.3) is 0 Å². The van der Waals surface area contributed by atoms with Crippen molar-refractivity contribution in [1.29, 1.82) is 0 Å². The number of hydrogen-bond donors (Lipinski definition) is 3. The molecule has 19 heteroatoms. The van der Waals surface area contributed by atoms with Gasteiger partial charge in [-0.2, -0.15) is 0 Å². The van der Waals surface area contributed by atoms with E-state index in [0.29, 0.717) is 31.6 Å². The summed E-state index contributed by atoms with van der Waals surface area (Å²) in [6.45, 7) is 11.7. The number of rotatable bonds is 67. The molecule has 0 spiro atoms. The van der Waals surface area contributed by atoms with Gasteiger partial charge in [-0.3, -0.25) is 37.3 Å². The maximum atomic E-state index is 13.0. The fourth-order valence-corrected chi connectivity index (χ4v) is 11.7. The minimum atomic E-state index is -4.96. The van der Waals surface area contributed by atoms with Gasteiger partial charge in [-0.1, -0.05) is 278 Å². The van der Waals surface area contributed by atoms with E-state index in [-0.39, 0.29) is 25.7 Å². The van der Waals surface area contributed by atoms with E-state index in [9.17, 15) is 43.2 Å². The third-order valence-corrected chi connectivity index (χ3v) is 18.4. The minimum Gasteiger partial charge on any atom is -0.462 e.